The summed E-state index contributed by atoms with van der Waals surface area (Å²) in [5, 5.41) is 0. The Hall–Kier alpha value is -3.35. The maximum atomic E-state index is 13.3. The van der Waals surface area contributed by atoms with Crippen molar-refractivity contribution in [1.29, 1.82) is 0 Å². The molecule has 3 heterocycles. The van der Waals surface area contributed by atoms with E-state index in [1.807, 2.05) is 13.0 Å². The standard InChI is InChI=1S/C26H28O7/c1-16-8-6-11-18(27)10-5-3-4-9-17-14-21-24(25(30-2)23(17)26(29)32-16)19(15-22(28)33-21)20-12-7-13-31-20/h4,7,9,12-14,16,19H,3,5-6,8,10-11,15H2,1-2H3/t16-,19-/m0/s1. The maximum absolute atomic E-state index is 13.3. The minimum Gasteiger partial charge on any atom is -0.495 e. The molecule has 0 saturated heterocycles. The minimum atomic E-state index is -0.514. The Morgan fingerprint density at radius 2 is 1.94 bits per heavy atom. The molecular formula is C26H28O7. The van der Waals surface area contributed by atoms with Crippen LogP contribution in [0.1, 0.15) is 85.0 Å². The molecule has 0 aliphatic carbocycles. The maximum Gasteiger partial charge on any atom is 0.342 e. The zero-order valence-electron chi connectivity index (χ0n) is 18.9. The summed E-state index contributed by atoms with van der Waals surface area (Å²) < 4.78 is 22.6. The summed E-state index contributed by atoms with van der Waals surface area (Å²) >= 11 is 0. The number of rotatable bonds is 2. The van der Waals surface area contributed by atoms with Crippen LogP contribution < -0.4 is 9.47 Å². The van der Waals surface area contributed by atoms with Crippen molar-refractivity contribution in [3.05, 3.63) is 53.0 Å². The third-order valence-electron chi connectivity index (χ3n) is 6.05. The van der Waals surface area contributed by atoms with Gasteiger partial charge in [0.2, 0.25) is 0 Å². The molecule has 0 radical (unpaired) electrons. The van der Waals surface area contributed by atoms with Crippen LogP contribution in [0, 0.1) is 0 Å². The molecule has 0 bridgehead atoms. The molecule has 0 saturated carbocycles. The zero-order valence-corrected chi connectivity index (χ0v) is 18.9. The zero-order chi connectivity index (χ0) is 23.4. The molecule has 2 atom stereocenters. The van der Waals surface area contributed by atoms with Crippen LogP contribution in [-0.2, 0) is 14.3 Å². The summed E-state index contributed by atoms with van der Waals surface area (Å²) in [7, 11) is 1.49. The monoisotopic (exact) mass is 452 g/mol. The fourth-order valence-electron chi connectivity index (χ4n) is 4.44. The van der Waals surface area contributed by atoms with Gasteiger partial charge in [-0.25, -0.2) is 4.79 Å². The van der Waals surface area contributed by atoms with Gasteiger partial charge in [0.15, 0.2) is 0 Å². The smallest absolute Gasteiger partial charge is 0.342 e. The first-order chi connectivity index (χ1) is 16.0. The highest BCUT2D eigenvalue weighted by molar-refractivity contribution is 5.99. The van der Waals surface area contributed by atoms with Gasteiger partial charge in [-0.2, -0.15) is 0 Å². The van der Waals surface area contributed by atoms with Gasteiger partial charge in [-0.3, -0.25) is 9.59 Å². The molecule has 2 aliphatic heterocycles. The Bertz CT molecular complexity index is 1060. The van der Waals surface area contributed by atoms with Crippen LogP contribution in [0.2, 0.25) is 0 Å². The fraction of sp³-hybridized carbons (Fsp3) is 0.423. The molecule has 0 unspecified atom stereocenters. The first-order valence-electron chi connectivity index (χ1n) is 11.4. The molecule has 7 heteroatoms. The first-order valence-corrected chi connectivity index (χ1v) is 11.4. The third-order valence-corrected chi connectivity index (χ3v) is 6.05. The molecular weight excluding hydrogens is 424 g/mol. The molecule has 2 aliphatic rings. The van der Waals surface area contributed by atoms with Crippen molar-refractivity contribution in [1.82, 2.24) is 0 Å². The van der Waals surface area contributed by atoms with Gasteiger partial charge in [-0.15, -0.1) is 0 Å². The molecule has 2 aromatic rings. The van der Waals surface area contributed by atoms with Gasteiger partial charge in [0.05, 0.1) is 31.8 Å². The number of fused-ring (bicyclic) bond motifs is 2. The van der Waals surface area contributed by atoms with Gasteiger partial charge >= 0.3 is 11.9 Å². The number of carbonyl (C=O) groups is 3. The predicted octanol–water partition coefficient (Wildman–Crippen LogP) is 5.21. The lowest BCUT2D eigenvalue weighted by Crippen LogP contribution is -2.24. The molecule has 7 nitrogen and oxygen atoms in total. The number of hydrogen-bond acceptors (Lipinski definition) is 7. The number of methoxy groups -OCH3 is 1. The normalized spacial score (nSPS) is 21.9. The Morgan fingerprint density at radius 1 is 1.12 bits per heavy atom. The highest BCUT2D eigenvalue weighted by atomic mass is 16.5. The summed E-state index contributed by atoms with van der Waals surface area (Å²) in [6.45, 7) is 1.82. The van der Waals surface area contributed by atoms with Crippen LogP contribution in [0.25, 0.3) is 6.08 Å². The van der Waals surface area contributed by atoms with E-state index < -0.39 is 11.9 Å². The fourth-order valence-corrected chi connectivity index (χ4v) is 4.44. The van der Waals surface area contributed by atoms with Gasteiger partial charge in [0.1, 0.15) is 28.6 Å². The van der Waals surface area contributed by atoms with Crippen LogP contribution in [0.4, 0.5) is 0 Å². The second-order valence-corrected chi connectivity index (χ2v) is 8.47. The van der Waals surface area contributed by atoms with Crippen LogP contribution in [0.3, 0.4) is 0 Å². The van der Waals surface area contributed by atoms with E-state index in [0.29, 0.717) is 66.1 Å². The van der Waals surface area contributed by atoms with Gasteiger partial charge in [-0.1, -0.05) is 12.2 Å². The van der Waals surface area contributed by atoms with Gasteiger partial charge in [-0.05, 0) is 56.4 Å². The van der Waals surface area contributed by atoms with Crippen LogP contribution in [-0.4, -0.2) is 30.9 Å². The van der Waals surface area contributed by atoms with E-state index in [0.717, 1.165) is 6.42 Å². The quantitative estimate of drug-likeness (QED) is 0.456. The molecule has 4 rings (SSSR count). The van der Waals surface area contributed by atoms with Gasteiger partial charge in [0.25, 0.3) is 0 Å². The van der Waals surface area contributed by atoms with E-state index in [1.54, 1.807) is 30.5 Å². The third kappa shape index (κ3) is 5.02. The number of ether oxygens (including phenoxy) is 3. The number of Topliss-reactive ketones (excluding diaryl/α,β-unsaturated/α-hetero) is 1. The topological polar surface area (TPSA) is 92.0 Å². The van der Waals surface area contributed by atoms with Gasteiger partial charge in [0, 0.05) is 18.4 Å². The Kier molecular flexibility index (Phi) is 6.96. The summed E-state index contributed by atoms with van der Waals surface area (Å²) in [6, 6.07) is 5.23. The highest BCUT2D eigenvalue weighted by Crippen LogP contribution is 2.47. The van der Waals surface area contributed by atoms with Crippen molar-refractivity contribution in [2.45, 2.75) is 63.9 Å². The average molecular weight is 453 g/mol. The van der Waals surface area contributed by atoms with E-state index in [-0.39, 0.29) is 24.3 Å². The summed E-state index contributed by atoms with van der Waals surface area (Å²) in [5.74, 6) is 0.140. The summed E-state index contributed by atoms with van der Waals surface area (Å²) in [6.07, 6.45) is 8.69. The van der Waals surface area contributed by atoms with Crippen molar-refractivity contribution in [3.63, 3.8) is 0 Å². The van der Waals surface area contributed by atoms with Crippen molar-refractivity contribution in [2.75, 3.05) is 7.11 Å². The van der Waals surface area contributed by atoms with E-state index in [2.05, 4.69) is 0 Å². The molecule has 0 fully saturated rings. The second kappa shape index (κ2) is 10.1. The number of allylic oxidation sites excluding steroid dienone is 1. The molecule has 0 amide bonds. The van der Waals surface area contributed by atoms with Crippen molar-refractivity contribution in [3.8, 4) is 11.5 Å². The van der Waals surface area contributed by atoms with Crippen LogP contribution >= 0.6 is 0 Å². The van der Waals surface area contributed by atoms with Crippen molar-refractivity contribution >= 4 is 23.8 Å². The number of ketones is 1. The number of hydrogen-bond donors (Lipinski definition) is 0. The molecule has 1 aromatic carbocycles. The molecule has 0 spiro atoms. The minimum absolute atomic E-state index is 0.0744. The van der Waals surface area contributed by atoms with Crippen LogP contribution in [0.15, 0.2) is 35.0 Å². The van der Waals surface area contributed by atoms with E-state index in [9.17, 15) is 14.4 Å². The summed E-state index contributed by atoms with van der Waals surface area (Å²) in [4.78, 5) is 37.7. The highest BCUT2D eigenvalue weighted by Gasteiger charge is 2.37. The number of benzene rings is 1. The lowest BCUT2D eigenvalue weighted by molar-refractivity contribution is -0.135. The van der Waals surface area contributed by atoms with Crippen molar-refractivity contribution in [2.24, 2.45) is 0 Å². The lowest BCUT2D eigenvalue weighted by Gasteiger charge is -2.27. The largest absolute Gasteiger partial charge is 0.495 e. The predicted molar refractivity (Wildman–Crippen MR) is 120 cm³/mol. The first kappa shape index (κ1) is 22.8. The SMILES string of the molecule is COc1c2c(cc3c1[C@H](c1ccco1)CC(=O)O3)C=CCCCC(=O)CCC[C@H](C)OC2=O. The Labute approximate surface area is 192 Å². The molecule has 174 valence electrons. The Morgan fingerprint density at radius 3 is 2.70 bits per heavy atom. The number of carbonyl (C=O) groups excluding carboxylic acids is 3. The van der Waals surface area contributed by atoms with E-state index in [1.165, 1.54) is 7.11 Å². The number of esters is 2. The summed E-state index contributed by atoms with van der Waals surface area (Å²) in [5.41, 5.74) is 1.43. The molecule has 33 heavy (non-hydrogen) atoms. The molecule has 1 aromatic heterocycles. The molecule has 0 N–H and O–H groups in total. The van der Waals surface area contributed by atoms with E-state index >= 15 is 0 Å². The van der Waals surface area contributed by atoms with Crippen LogP contribution in [0.5, 0.6) is 11.5 Å². The van der Waals surface area contributed by atoms with E-state index in [4.69, 9.17) is 18.6 Å². The van der Waals surface area contributed by atoms with Crippen molar-refractivity contribution < 1.29 is 33.0 Å². The second-order valence-electron chi connectivity index (χ2n) is 8.47. The number of furan rings is 1. The Balaban J connectivity index is 1.84. The lowest BCUT2D eigenvalue weighted by atomic mass is 9.86. The number of cyclic esters (lactones) is 1. The van der Waals surface area contributed by atoms with Gasteiger partial charge < -0.3 is 18.6 Å². The average Bonchev–Trinajstić information content (AvgIpc) is 3.31.